The molecule has 1 aromatic carbocycles. The number of halogens is 1. The minimum Gasteiger partial charge on any atom is -0.487 e. The van der Waals surface area contributed by atoms with E-state index in [9.17, 15) is 0 Å². The van der Waals surface area contributed by atoms with E-state index < -0.39 is 0 Å². The van der Waals surface area contributed by atoms with Crippen molar-refractivity contribution in [2.45, 2.75) is 6.61 Å². The van der Waals surface area contributed by atoms with Crippen molar-refractivity contribution in [3.05, 3.63) is 47.0 Å². The van der Waals surface area contributed by atoms with E-state index in [0.717, 1.165) is 15.9 Å². The number of hydrogen-bond donors (Lipinski definition) is 0. The largest absolute Gasteiger partial charge is 0.487 e. The van der Waals surface area contributed by atoms with Crippen molar-refractivity contribution in [2.24, 2.45) is 7.05 Å². The van der Waals surface area contributed by atoms with E-state index in [4.69, 9.17) is 4.74 Å². The maximum Gasteiger partial charge on any atom is 0.132 e. The standard InChI is InChI=1S/C11H11BrN2O/c1-14-6-10(13-8-14)7-15-11-4-2-3-9(12)5-11/h2-6,8H,7H2,1H3. The fraction of sp³-hybridized carbons (Fsp3) is 0.182. The zero-order chi connectivity index (χ0) is 10.7. The second-order valence-corrected chi connectivity index (χ2v) is 4.19. The van der Waals surface area contributed by atoms with Crippen molar-refractivity contribution in [1.29, 1.82) is 0 Å². The number of imidazole rings is 1. The Balaban J connectivity index is 1.99. The Morgan fingerprint density at radius 2 is 2.33 bits per heavy atom. The van der Waals surface area contributed by atoms with Crippen LogP contribution in [0.25, 0.3) is 0 Å². The summed E-state index contributed by atoms with van der Waals surface area (Å²) in [6.07, 6.45) is 3.71. The van der Waals surface area contributed by atoms with Crippen molar-refractivity contribution in [1.82, 2.24) is 9.55 Å². The molecule has 1 aromatic heterocycles. The van der Waals surface area contributed by atoms with Gasteiger partial charge in [0.1, 0.15) is 12.4 Å². The van der Waals surface area contributed by atoms with Gasteiger partial charge in [0.05, 0.1) is 12.0 Å². The Hall–Kier alpha value is -1.29. The summed E-state index contributed by atoms with van der Waals surface area (Å²) in [7, 11) is 1.94. The van der Waals surface area contributed by atoms with E-state index in [0.29, 0.717) is 6.61 Å². The lowest BCUT2D eigenvalue weighted by atomic mass is 10.3. The van der Waals surface area contributed by atoms with Crippen molar-refractivity contribution in [3.8, 4) is 5.75 Å². The summed E-state index contributed by atoms with van der Waals surface area (Å²) in [5.74, 6) is 0.843. The van der Waals surface area contributed by atoms with Crippen LogP contribution in [0.5, 0.6) is 5.75 Å². The molecular formula is C11H11BrN2O. The van der Waals surface area contributed by atoms with Gasteiger partial charge in [-0.05, 0) is 18.2 Å². The van der Waals surface area contributed by atoms with Crippen LogP contribution in [0.15, 0.2) is 41.3 Å². The van der Waals surface area contributed by atoms with Crippen LogP contribution in [-0.4, -0.2) is 9.55 Å². The van der Waals surface area contributed by atoms with E-state index in [2.05, 4.69) is 20.9 Å². The molecule has 0 fully saturated rings. The molecular weight excluding hydrogens is 256 g/mol. The van der Waals surface area contributed by atoms with Crippen molar-refractivity contribution >= 4 is 15.9 Å². The maximum absolute atomic E-state index is 5.58. The molecule has 0 aliphatic heterocycles. The van der Waals surface area contributed by atoms with Crippen LogP contribution in [-0.2, 0) is 13.7 Å². The van der Waals surface area contributed by atoms with Crippen LogP contribution in [0, 0.1) is 0 Å². The summed E-state index contributed by atoms with van der Waals surface area (Å²) >= 11 is 3.39. The summed E-state index contributed by atoms with van der Waals surface area (Å²) in [6, 6.07) is 7.77. The van der Waals surface area contributed by atoms with Crippen LogP contribution in [0.1, 0.15) is 5.69 Å². The smallest absolute Gasteiger partial charge is 0.132 e. The first-order chi connectivity index (χ1) is 7.24. The molecule has 0 saturated heterocycles. The average molecular weight is 267 g/mol. The first kappa shape index (κ1) is 10.2. The minimum absolute atomic E-state index is 0.497. The minimum atomic E-state index is 0.497. The van der Waals surface area contributed by atoms with E-state index in [1.165, 1.54) is 0 Å². The second-order valence-electron chi connectivity index (χ2n) is 3.28. The summed E-state index contributed by atoms with van der Waals surface area (Å²) in [5, 5.41) is 0. The molecule has 0 atom stereocenters. The number of rotatable bonds is 3. The fourth-order valence-electron chi connectivity index (χ4n) is 1.26. The average Bonchev–Trinajstić information content (AvgIpc) is 2.62. The summed E-state index contributed by atoms with van der Waals surface area (Å²) in [6.45, 7) is 0.497. The van der Waals surface area contributed by atoms with Gasteiger partial charge < -0.3 is 9.30 Å². The number of nitrogens with zero attached hydrogens (tertiary/aromatic N) is 2. The molecule has 0 aliphatic carbocycles. The van der Waals surface area contributed by atoms with Gasteiger partial charge in [-0.15, -0.1) is 0 Å². The predicted molar refractivity (Wildman–Crippen MR) is 61.7 cm³/mol. The molecule has 0 bridgehead atoms. The molecule has 0 radical (unpaired) electrons. The molecule has 2 rings (SSSR count). The molecule has 2 aromatic rings. The Labute approximate surface area is 96.8 Å². The van der Waals surface area contributed by atoms with Gasteiger partial charge in [-0.25, -0.2) is 4.98 Å². The molecule has 4 heteroatoms. The van der Waals surface area contributed by atoms with Gasteiger partial charge in [0.25, 0.3) is 0 Å². The number of ether oxygens (including phenoxy) is 1. The van der Waals surface area contributed by atoms with Gasteiger partial charge in [-0.2, -0.15) is 0 Å². The molecule has 3 nitrogen and oxygen atoms in total. The van der Waals surface area contributed by atoms with E-state index in [-0.39, 0.29) is 0 Å². The monoisotopic (exact) mass is 266 g/mol. The third kappa shape index (κ3) is 2.83. The third-order valence-corrected chi connectivity index (χ3v) is 2.43. The highest BCUT2D eigenvalue weighted by atomic mass is 79.9. The quantitative estimate of drug-likeness (QED) is 0.855. The molecule has 1 heterocycles. The van der Waals surface area contributed by atoms with Crippen molar-refractivity contribution in [2.75, 3.05) is 0 Å². The summed E-state index contributed by atoms with van der Waals surface area (Å²) < 4.78 is 8.50. The highest BCUT2D eigenvalue weighted by Gasteiger charge is 1.98. The van der Waals surface area contributed by atoms with Crippen LogP contribution in [0.2, 0.25) is 0 Å². The zero-order valence-electron chi connectivity index (χ0n) is 8.35. The van der Waals surface area contributed by atoms with Gasteiger partial charge in [-0.3, -0.25) is 0 Å². The maximum atomic E-state index is 5.58. The van der Waals surface area contributed by atoms with Gasteiger partial charge in [0, 0.05) is 17.7 Å². The SMILES string of the molecule is Cn1cnc(COc2cccc(Br)c2)c1. The molecule has 0 spiro atoms. The summed E-state index contributed by atoms with van der Waals surface area (Å²) in [5.41, 5.74) is 0.928. The van der Waals surface area contributed by atoms with Crippen LogP contribution in [0.4, 0.5) is 0 Å². The Kier molecular flexibility index (Phi) is 3.06. The molecule has 0 N–H and O–H groups in total. The molecule has 78 valence electrons. The van der Waals surface area contributed by atoms with Gasteiger partial charge >= 0.3 is 0 Å². The third-order valence-electron chi connectivity index (χ3n) is 1.94. The first-order valence-corrected chi connectivity index (χ1v) is 5.38. The highest BCUT2D eigenvalue weighted by molar-refractivity contribution is 9.10. The number of aromatic nitrogens is 2. The Morgan fingerprint density at radius 3 is 3.00 bits per heavy atom. The Morgan fingerprint density at radius 1 is 1.47 bits per heavy atom. The van der Waals surface area contributed by atoms with Gasteiger partial charge in [0.2, 0.25) is 0 Å². The first-order valence-electron chi connectivity index (χ1n) is 4.59. The lowest BCUT2D eigenvalue weighted by molar-refractivity contribution is 0.301. The number of aryl methyl sites for hydroxylation is 1. The highest BCUT2D eigenvalue weighted by Crippen LogP contribution is 2.18. The van der Waals surface area contributed by atoms with Crippen molar-refractivity contribution in [3.63, 3.8) is 0 Å². The zero-order valence-corrected chi connectivity index (χ0v) is 9.94. The van der Waals surface area contributed by atoms with E-state index in [1.807, 2.05) is 42.1 Å². The van der Waals surface area contributed by atoms with E-state index in [1.54, 1.807) is 6.33 Å². The predicted octanol–water partition coefficient (Wildman–Crippen LogP) is 2.76. The van der Waals surface area contributed by atoms with E-state index >= 15 is 0 Å². The topological polar surface area (TPSA) is 27.1 Å². The fourth-order valence-corrected chi connectivity index (χ4v) is 1.63. The second kappa shape index (κ2) is 4.49. The van der Waals surface area contributed by atoms with Crippen LogP contribution < -0.4 is 4.74 Å². The summed E-state index contributed by atoms with van der Waals surface area (Å²) in [4.78, 5) is 4.18. The van der Waals surface area contributed by atoms with Crippen LogP contribution in [0.3, 0.4) is 0 Å². The lowest BCUT2D eigenvalue weighted by Gasteiger charge is -2.03. The van der Waals surface area contributed by atoms with Crippen LogP contribution >= 0.6 is 15.9 Å². The molecule has 0 saturated carbocycles. The Bertz CT molecular complexity index is 453. The number of benzene rings is 1. The number of hydrogen-bond acceptors (Lipinski definition) is 2. The van der Waals surface area contributed by atoms with Gasteiger partial charge in [-0.1, -0.05) is 22.0 Å². The van der Waals surface area contributed by atoms with Crippen molar-refractivity contribution < 1.29 is 4.74 Å². The van der Waals surface area contributed by atoms with Gasteiger partial charge in [0.15, 0.2) is 0 Å². The molecule has 0 amide bonds. The molecule has 0 unspecified atom stereocenters. The molecule has 0 aliphatic rings. The molecule has 15 heavy (non-hydrogen) atoms. The lowest BCUT2D eigenvalue weighted by Crippen LogP contribution is -1.95. The normalized spacial score (nSPS) is 10.3.